The SMILES string of the molecule is CCCN(CC1CCNCC1)C1CCNCC1. The molecule has 0 aliphatic carbocycles. The Bertz CT molecular complexity index is 196. The number of piperidine rings is 2. The van der Waals surface area contributed by atoms with Crippen molar-refractivity contribution in [2.45, 2.75) is 45.1 Å². The van der Waals surface area contributed by atoms with Crippen molar-refractivity contribution in [3.8, 4) is 0 Å². The summed E-state index contributed by atoms with van der Waals surface area (Å²) >= 11 is 0. The molecule has 0 aromatic carbocycles. The molecule has 100 valence electrons. The van der Waals surface area contributed by atoms with E-state index >= 15 is 0 Å². The molecule has 0 saturated carbocycles. The molecule has 2 N–H and O–H groups in total. The van der Waals surface area contributed by atoms with Crippen LogP contribution in [0.3, 0.4) is 0 Å². The van der Waals surface area contributed by atoms with E-state index in [-0.39, 0.29) is 0 Å². The largest absolute Gasteiger partial charge is 0.317 e. The van der Waals surface area contributed by atoms with Crippen molar-refractivity contribution in [1.82, 2.24) is 15.5 Å². The molecule has 17 heavy (non-hydrogen) atoms. The number of nitrogens with zero attached hydrogens (tertiary/aromatic N) is 1. The lowest BCUT2D eigenvalue weighted by molar-refractivity contribution is 0.127. The molecule has 0 atom stereocenters. The van der Waals surface area contributed by atoms with Gasteiger partial charge in [-0.2, -0.15) is 0 Å². The zero-order valence-electron chi connectivity index (χ0n) is 11.4. The van der Waals surface area contributed by atoms with E-state index in [2.05, 4.69) is 22.5 Å². The zero-order chi connectivity index (χ0) is 11.9. The average molecular weight is 239 g/mol. The van der Waals surface area contributed by atoms with Crippen LogP contribution >= 0.6 is 0 Å². The van der Waals surface area contributed by atoms with Crippen LogP contribution in [0.4, 0.5) is 0 Å². The van der Waals surface area contributed by atoms with Crippen LogP contribution in [0, 0.1) is 5.92 Å². The molecule has 2 heterocycles. The highest BCUT2D eigenvalue weighted by Gasteiger charge is 2.23. The molecule has 0 radical (unpaired) electrons. The summed E-state index contributed by atoms with van der Waals surface area (Å²) in [5.41, 5.74) is 0. The molecule has 2 rings (SSSR count). The maximum absolute atomic E-state index is 3.48. The molecule has 0 amide bonds. The fourth-order valence-corrected chi connectivity index (χ4v) is 3.28. The predicted molar refractivity (Wildman–Crippen MR) is 73.3 cm³/mol. The third kappa shape index (κ3) is 4.23. The van der Waals surface area contributed by atoms with Crippen LogP contribution in [-0.4, -0.2) is 50.2 Å². The number of hydrogen-bond acceptors (Lipinski definition) is 3. The summed E-state index contributed by atoms with van der Waals surface area (Å²) < 4.78 is 0. The van der Waals surface area contributed by atoms with E-state index in [0.29, 0.717) is 0 Å². The first-order valence-corrected chi connectivity index (χ1v) is 7.55. The molecule has 0 aromatic rings. The number of hydrogen-bond donors (Lipinski definition) is 2. The van der Waals surface area contributed by atoms with E-state index in [1.54, 1.807) is 0 Å². The minimum absolute atomic E-state index is 0.853. The van der Waals surface area contributed by atoms with Crippen LogP contribution in [0.2, 0.25) is 0 Å². The van der Waals surface area contributed by atoms with Gasteiger partial charge in [0.25, 0.3) is 0 Å². The van der Waals surface area contributed by atoms with Gasteiger partial charge in [0.2, 0.25) is 0 Å². The highest BCUT2D eigenvalue weighted by Crippen LogP contribution is 2.19. The second-order valence-electron chi connectivity index (χ2n) is 5.67. The van der Waals surface area contributed by atoms with Crippen molar-refractivity contribution in [3.63, 3.8) is 0 Å². The first kappa shape index (κ1) is 13.3. The average Bonchev–Trinajstić information content (AvgIpc) is 2.40. The summed E-state index contributed by atoms with van der Waals surface area (Å²) in [5, 5.41) is 6.95. The zero-order valence-corrected chi connectivity index (χ0v) is 11.4. The lowest BCUT2D eigenvalue weighted by Crippen LogP contribution is -2.46. The third-order valence-electron chi connectivity index (χ3n) is 4.29. The van der Waals surface area contributed by atoms with Gasteiger partial charge in [0.05, 0.1) is 0 Å². The Labute approximate surface area is 106 Å². The monoisotopic (exact) mass is 239 g/mol. The molecule has 3 heteroatoms. The minimum atomic E-state index is 0.853. The number of rotatable bonds is 5. The van der Waals surface area contributed by atoms with Crippen LogP contribution in [0.15, 0.2) is 0 Å². The van der Waals surface area contributed by atoms with Gasteiger partial charge < -0.3 is 15.5 Å². The molecule has 2 aliphatic rings. The Hall–Kier alpha value is -0.120. The van der Waals surface area contributed by atoms with Crippen LogP contribution in [-0.2, 0) is 0 Å². The molecule has 0 bridgehead atoms. The minimum Gasteiger partial charge on any atom is -0.317 e. The van der Waals surface area contributed by atoms with Crippen molar-refractivity contribution in [1.29, 1.82) is 0 Å². The third-order valence-corrected chi connectivity index (χ3v) is 4.29. The molecular formula is C14H29N3. The summed E-state index contributed by atoms with van der Waals surface area (Å²) in [7, 11) is 0. The van der Waals surface area contributed by atoms with Gasteiger partial charge in [-0.25, -0.2) is 0 Å². The van der Waals surface area contributed by atoms with Gasteiger partial charge in [-0.15, -0.1) is 0 Å². The van der Waals surface area contributed by atoms with E-state index in [9.17, 15) is 0 Å². The topological polar surface area (TPSA) is 27.3 Å². The molecular weight excluding hydrogens is 210 g/mol. The van der Waals surface area contributed by atoms with Gasteiger partial charge in [-0.05, 0) is 70.7 Å². The van der Waals surface area contributed by atoms with E-state index < -0.39 is 0 Å². The van der Waals surface area contributed by atoms with Gasteiger partial charge in [0.1, 0.15) is 0 Å². The normalized spacial score (nSPS) is 24.4. The number of nitrogens with one attached hydrogen (secondary N) is 2. The first-order chi connectivity index (χ1) is 8.40. The lowest BCUT2D eigenvalue weighted by Gasteiger charge is -2.37. The van der Waals surface area contributed by atoms with Crippen LogP contribution in [0.1, 0.15) is 39.0 Å². The Morgan fingerprint density at radius 2 is 1.53 bits per heavy atom. The maximum Gasteiger partial charge on any atom is 0.0119 e. The quantitative estimate of drug-likeness (QED) is 0.760. The fraction of sp³-hybridized carbons (Fsp3) is 1.00. The smallest absolute Gasteiger partial charge is 0.0119 e. The van der Waals surface area contributed by atoms with Crippen LogP contribution < -0.4 is 10.6 Å². The van der Waals surface area contributed by atoms with Gasteiger partial charge in [0, 0.05) is 12.6 Å². The molecule has 0 spiro atoms. The van der Waals surface area contributed by atoms with E-state index in [0.717, 1.165) is 12.0 Å². The lowest BCUT2D eigenvalue weighted by atomic mass is 9.95. The second-order valence-corrected chi connectivity index (χ2v) is 5.67. The Kier molecular flexibility index (Phi) is 5.75. The van der Waals surface area contributed by atoms with Gasteiger partial charge in [-0.1, -0.05) is 6.92 Å². The molecule has 2 fully saturated rings. The Morgan fingerprint density at radius 1 is 0.941 bits per heavy atom. The summed E-state index contributed by atoms with van der Waals surface area (Å²) in [5.74, 6) is 0.942. The Morgan fingerprint density at radius 3 is 2.12 bits per heavy atom. The maximum atomic E-state index is 3.48. The van der Waals surface area contributed by atoms with Crippen molar-refractivity contribution in [3.05, 3.63) is 0 Å². The Balaban J connectivity index is 1.81. The summed E-state index contributed by atoms with van der Waals surface area (Å²) in [6, 6.07) is 0.853. The van der Waals surface area contributed by atoms with E-state index in [1.807, 2.05) is 0 Å². The summed E-state index contributed by atoms with van der Waals surface area (Å²) in [4.78, 5) is 2.79. The molecule has 2 aliphatic heterocycles. The molecule has 0 unspecified atom stereocenters. The summed E-state index contributed by atoms with van der Waals surface area (Å²) in [6.07, 6.45) is 6.77. The standard InChI is InChI=1S/C14H29N3/c1-2-11-17(14-5-9-16-10-6-14)12-13-3-7-15-8-4-13/h13-16H,2-12H2,1H3. The molecule has 0 aromatic heterocycles. The van der Waals surface area contributed by atoms with Crippen molar-refractivity contribution in [2.75, 3.05) is 39.3 Å². The van der Waals surface area contributed by atoms with Crippen LogP contribution in [0.25, 0.3) is 0 Å². The molecule has 2 saturated heterocycles. The van der Waals surface area contributed by atoms with E-state index in [4.69, 9.17) is 0 Å². The molecule has 3 nitrogen and oxygen atoms in total. The summed E-state index contributed by atoms with van der Waals surface area (Å²) in [6.45, 7) is 9.87. The van der Waals surface area contributed by atoms with Gasteiger partial charge in [0.15, 0.2) is 0 Å². The van der Waals surface area contributed by atoms with Crippen molar-refractivity contribution < 1.29 is 0 Å². The predicted octanol–water partition coefficient (Wildman–Crippen LogP) is 1.45. The van der Waals surface area contributed by atoms with Crippen molar-refractivity contribution >= 4 is 0 Å². The highest BCUT2D eigenvalue weighted by molar-refractivity contribution is 4.81. The first-order valence-electron chi connectivity index (χ1n) is 7.55. The van der Waals surface area contributed by atoms with Crippen molar-refractivity contribution in [2.24, 2.45) is 5.92 Å². The second kappa shape index (κ2) is 7.34. The van der Waals surface area contributed by atoms with Gasteiger partial charge >= 0.3 is 0 Å². The van der Waals surface area contributed by atoms with E-state index in [1.165, 1.54) is 71.4 Å². The highest BCUT2D eigenvalue weighted by atomic mass is 15.2. The fourth-order valence-electron chi connectivity index (χ4n) is 3.28. The van der Waals surface area contributed by atoms with Crippen LogP contribution in [0.5, 0.6) is 0 Å². The van der Waals surface area contributed by atoms with Gasteiger partial charge in [-0.3, -0.25) is 0 Å².